The van der Waals surface area contributed by atoms with Crippen molar-refractivity contribution in [3.63, 3.8) is 0 Å². The van der Waals surface area contributed by atoms with Gasteiger partial charge in [-0.2, -0.15) is 0 Å². The molecular formula is C11H15Cl2NO3S. The maximum atomic E-state index is 11.9. The molecule has 4 nitrogen and oxygen atoms in total. The molecule has 0 spiro atoms. The fourth-order valence-electron chi connectivity index (χ4n) is 1.40. The van der Waals surface area contributed by atoms with Crippen molar-refractivity contribution < 1.29 is 13.5 Å². The molecule has 0 fully saturated rings. The van der Waals surface area contributed by atoms with E-state index in [1.807, 2.05) is 6.92 Å². The molecule has 1 unspecified atom stereocenters. The van der Waals surface area contributed by atoms with E-state index in [0.29, 0.717) is 6.42 Å². The average molecular weight is 312 g/mol. The summed E-state index contributed by atoms with van der Waals surface area (Å²) in [5, 5.41) is 9.88. The third-order valence-corrected chi connectivity index (χ3v) is 4.45. The summed E-state index contributed by atoms with van der Waals surface area (Å²) in [4.78, 5) is -0.0830. The van der Waals surface area contributed by atoms with E-state index in [1.165, 1.54) is 18.2 Å². The van der Waals surface area contributed by atoms with Crippen LogP contribution < -0.4 is 4.72 Å². The lowest BCUT2D eigenvalue weighted by Crippen LogP contribution is -2.32. The number of halogens is 2. The lowest BCUT2D eigenvalue weighted by Gasteiger charge is -2.12. The van der Waals surface area contributed by atoms with Gasteiger partial charge >= 0.3 is 0 Å². The number of hydrogen-bond acceptors (Lipinski definition) is 3. The Kier molecular flexibility index (Phi) is 5.88. The normalized spacial score (nSPS) is 13.6. The topological polar surface area (TPSA) is 66.4 Å². The van der Waals surface area contributed by atoms with E-state index in [2.05, 4.69) is 4.72 Å². The van der Waals surface area contributed by atoms with Crippen LogP contribution in [0.4, 0.5) is 0 Å². The molecule has 0 aliphatic heterocycles. The molecule has 0 saturated carbocycles. The van der Waals surface area contributed by atoms with E-state index < -0.39 is 16.1 Å². The Bertz CT molecular complexity index is 505. The standard InChI is InChI=1S/C11H15Cl2NO3S/c1-2-3-9(15)7-14-18(16,17)11-6-8(12)4-5-10(11)13/h4-6,9,14-15H,2-3,7H2,1H3. The third kappa shape index (κ3) is 4.40. The summed E-state index contributed by atoms with van der Waals surface area (Å²) in [6.07, 6.45) is 0.606. The van der Waals surface area contributed by atoms with E-state index in [-0.39, 0.29) is 21.5 Å². The molecule has 1 rings (SSSR count). The van der Waals surface area contributed by atoms with Gasteiger partial charge in [0.15, 0.2) is 0 Å². The highest BCUT2D eigenvalue weighted by Gasteiger charge is 2.19. The van der Waals surface area contributed by atoms with Crippen LogP contribution in [0, 0.1) is 0 Å². The van der Waals surface area contributed by atoms with Crippen molar-refractivity contribution in [1.29, 1.82) is 0 Å². The first-order chi connectivity index (χ1) is 8.36. The van der Waals surface area contributed by atoms with Crippen LogP contribution in [0.2, 0.25) is 10.0 Å². The molecule has 2 N–H and O–H groups in total. The van der Waals surface area contributed by atoms with E-state index in [1.54, 1.807) is 0 Å². The Balaban J connectivity index is 2.83. The summed E-state index contributed by atoms with van der Waals surface area (Å²) in [5.41, 5.74) is 0. The van der Waals surface area contributed by atoms with Gasteiger partial charge in [0, 0.05) is 11.6 Å². The van der Waals surface area contributed by atoms with Gasteiger partial charge < -0.3 is 5.11 Å². The van der Waals surface area contributed by atoms with Crippen LogP contribution in [0.5, 0.6) is 0 Å². The monoisotopic (exact) mass is 311 g/mol. The molecule has 0 aliphatic carbocycles. The number of nitrogens with one attached hydrogen (secondary N) is 1. The second-order valence-electron chi connectivity index (χ2n) is 3.87. The maximum Gasteiger partial charge on any atom is 0.242 e. The molecule has 18 heavy (non-hydrogen) atoms. The summed E-state index contributed by atoms with van der Waals surface area (Å²) in [7, 11) is -3.75. The predicted octanol–water partition coefficient (Wildman–Crippen LogP) is 2.43. The van der Waals surface area contributed by atoms with Crippen molar-refractivity contribution >= 4 is 33.2 Å². The zero-order chi connectivity index (χ0) is 13.8. The highest BCUT2D eigenvalue weighted by atomic mass is 35.5. The second-order valence-corrected chi connectivity index (χ2v) is 6.45. The van der Waals surface area contributed by atoms with Crippen molar-refractivity contribution in [3.05, 3.63) is 28.2 Å². The van der Waals surface area contributed by atoms with Gasteiger partial charge in [-0.3, -0.25) is 0 Å². The molecule has 102 valence electrons. The van der Waals surface area contributed by atoms with E-state index in [9.17, 15) is 13.5 Å². The fraction of sp³-hybridized carbons (Fsp3) is 0.455. The molecule has 0 aromatic heterocycles. The first-order valence-electron chi connectivity index (χ1n) is 5.49. The first-order valence-corrected chi connectivity index (χ1v) is 7.73. The summed E-state index contributed by atoms with van der Waals surface area (Å²) in [6, 6.07) is 4.20. The van der Waals surface area contributed by atoms with Crippen LogP contribution in [0.3, 0.4) is 0 Å². The van der Waals surface area contributed by atoms with Crippen LogP contribution in [0.15, 0.2) is 23.1 Å². The minimum atomic E-state index is -3.75. The zero-order valence-electron chi connectivity index (χ0n) is 9.86. The average Bonchev–Trinajstić information content (AvgIpc) is 2.30. The summed E-state index contributed by atoms with van der Waals surface area (Å²) < 4.78 is 26.2. The van der Waals surface area contributed by atoms with Gasteiger partial charge in [0.2, 0.25) is 10.0 Å². The highest BCUT2D eigenvalue weighted by molar-refractivity contribution is 7.89. The van der Waals surface area contributed by atoms with Gasteiger partial charge in [-0.1, -0.05) is 36.5 Å². The molecule has 0 heterocycles. The van der Waals surface area contributed by atoms with E-state index >= 15 is 0 Å². The minimum absolute atomic E-state index is 0.0426. The Labute approximate surface area is 117 Å². The van der Waals surface area contributed by atoms with Crippen molar-refractivity contribution in [2.45, 2.75) is 30.8 Å². The van der Waals surface area contributed by atoms with Crippen molar-refractivity contribution in [1.82, 2.24) is 4.72 Å². The lowest BCUT2D eigenvalue weighted by atomic mass is 10.2. The van der Waals surface area contributed by atoms with Crippen molar-refractivity contribution in [2.75, 3.05) is 6.54 Å². The van der Waals surface area contributed by atoms with Gasteiger partial charge in [0.25, 0.3) is 0 Å². The molecule has 7 heteroatoms. The van der Waals surface area contributed by atoms with Crippen LogP contribution in [-0.4, -0.2) is 26.2 Å². The number of aliphatic hydroxyl groups excluding tert-OH is 1. The Morgan fingerprint density at radius 1 is 1.39 bits per heavy atom. The van der Waals surface area contributed by atoms with Gasteiger partial charge in [0.05, 0.1) is 11.1 Å². The maximum absolute atomic E-state index is 11.9. The quantitative estimate of drug-likeness (QED) is 0.848. The first kappa shape index (κ1) is 15.7. The SMILES string of the molecule is CCCC(O)CNS(=O)(=O)c1cc(Cl)ccc1Cl. The highest BCUT2D eigenvalue weighted by Crippen LogP contribution is 2.24. The lowest BCUT2D eigenvalue weighted by molar-refractivity contribution is 0.167. The molecule has 1 aromatic rings. The van der Waals surface area contributed by atoms with E-state index in [0.717, 1.165) is 6.42 Å². The van der Waals surface area contributed by atoms with Crippen LogP contribution in [-0.2, 0) is 10.0 Å². The second kappa shape index (κ2) is 6.73. The van der Waals surface area contributed by atoms with Crippen LogP contribution in [0.25, 0.3) is 0 Å². The summed E-state index contributed by atoms with van der Waals surface area (Å²) in [5.74, 6) is 0. The number of sulfonamides is 1. The van der Waals surface area contributed by atoms with Crippen molar-refractivity contribution in [3.8, 4) is 0 Å². The van der Waals surface area contributed by atoms with Gasteiger partial charge in [-0.05, 0) is 24.6 Å². The molecule has 1 aromatic carbocycles. The van der Waals surface area contributed by atoms with Crippen molar-refractivity contribution in [2.24, 2.45) is 0 Å². The third-order valence-electron chi connectivity index (χ3n) is 2.31. The molecule has 0 radical (unpaired) electrons. The zero-order valence-corrected chi connectivity index (χ0v) is 12.2. The number of hydrogen-bond donors (Lipinski definition) is 2. The van der Waals surface area contributed by atoms with Gasteiger partial charge in [-0.25, -0.2) is 13.1 Å². The molecule has 0 saturated heterocycles. The van der Waals surface area contributed by atoms with Crippen LogP contribution >= 0.6 is 23.2 Å². The largest absolute Gasteiger partial charge is 0.392 e. The summed E-state index contributed by atoms with van der Waals surface area (Å²) >= 11 is 11.6. The molecule has 0 amide bonds. The van der Waals surface area contributed by atoms with Gasteiger partial charge in [0.1, 0.15) is 4.90 Å². The molecule has 0 bridgehead atoms. The number of rotatable bonds is 6. The molecule has 1 atom stereocenters. The van der Waals surface area contributed by atoms with E-state index in [4.69, 9.17) is 23.2 Å². The molecule has 0 aliphatic rings. The number of aliphatic hydroxyl groups is 1. The summed E-state index contributed by atoms with van der Waals surface area (Å²) in [6.45, 7) is 1.87. The molecular weight excluding hydrogens is 297 g/mol. The van der Waals surface area contributed by atoms with Gasteiger partial charge in [-0.15, -0.1) is 0 Å². The Morgan fingerprint density at radius 2 is 2.06 bits per heavy atom. The fourth-order valence-corrected chi connectivity index (χ4v) is 3.24. The number of benzene rings is 1. The Hall–Kier alpha value is -0.330. The smallest absolute Gasteiger partial charge is 0.242 e. The van der Waals surface area contributed by atoms with Crippen LogP contribution in [0.1, 0.15) is 19.8 Å². The predicted molar refractivity (Wildman–Crippen MR) is 72.6 cm³/mol. The minimum Gasteiger partial charge on any atom is -0.392 e. The Morgan fingerprint density at radius 3 is 2.67 bits per heavy atom.